The Morgan fingerprint density at radius 1 is 1.38 bits per heavy atom. The Bertz CT molecular complexity index is 624. The van der Waals surface area contributed by atoms with Gasteiger partial charge in [-0.25, -0.2) is 9.78 Å². The predicted molar refractivity (Wildman–Crippen MR) is 77.2 cm³/mol. The van der Waals surface area contributed by atoms with Crippen molar-refractivity contribution in [2.45, 2.75) is 26.8 Å². The molecule has 2 aromatic heterocycles. The highest BCUT2D eigenvalue weighted by atomic mass is 16.5. The first-order valence-corrected chi connectivity index (χ1v) is 6.77. The first kappa shape index (κ1) is 14.8. The molecule has 7 heteroatoms. The van der Waals surface area contributed by atoms with E-state index in [0.717, 1.165) is 13.0 Å². The van der Waals surface area contributed by atoms with Crippen molar-refractivity contribution in [3.05, 3.63) is 30.2 Å². The summed E-state index contributed by atoms with van der Waals surface area (Å²) in [4.78, 5) is 15.9. The lowest BCUT2D eigenvalue weighted by Crippen LogP contribution is -2.08. The van der Waals surface area contributed by atoms with Gasteiger partial charge in [0.15, 0.2) is 5.75 Å². The minimum Gasteiger partial charge on any atom is -0.462 e. The molecule has 0 aliphatic rings. The molecule has 0 fully saturated rings. The van der Waals surface area contributed by atoms with E-state index in [4.69, 9.17) is 15.2 Å². The molecular weight excluding hydrogens is 272 g/mol. The Balaban J connectivity index is 2.23. The normalized spacial score (nSPS) is 10.4. The van der Waals surface area contributed by atoms with E-state index in [9.17, 15) is 4.79 Å². The minimum atomic E-state index is -0.520. The van der Waals surface area contributed by atoms with E-state index in [1.807, 2.05) is 0 Å². The maximum absolute atomic E-state index is 11.9. The molecule has 0 saturated heterocycles. The van der Waals surface area contributed by atoms with Crippen LogP contribution >= 0.6 is 0 Å². The van der Waals surface area contributed by atoms with E-state index in [-0.39, 0.29) is 18.1 Å². The SMILES string of the molecule is CCCn1cc(Oc2ncc(N)cc2C(=O)OCC)cn1. The van der Waals surface area contributed by atoms with Crippen LogP contribution in [0, 0.1) is 0 Å². The molecule has 0 radical (unpaired) electrons. The molecule has 21 heavy (non-hydrogen) atoms. The monoisotopic (exact) mass is 290 g/mol. The summed E-state index contributed by atoms with van der Waals surface area (Å²) in [5.41, 5.74) is 6.22. The average molecular weight is 290 g/mol. The summed E-state index contributed by atoms with van der Waals surface area (Å²) in [6, 6.07) is 1.48. The van der Waals surface area contributed by atoms with Crippen LogP contribution in [0.4, 0.5) is 5.69 Å². The molecule has 0 atom stereocenters. The summed E-state index contributed by atoms with van der Waals surface area (Å²) < 4.78 is 12.3. The van der Waals surface area contributed by atoms with Crippen molar-refractivity contribution in [2.75, 3.05) is 12.3 Å². The van der Waals surface area contributed by atoms with Crippen molar-refractivity contribution in [1.29, 1.82) is 0 Å². The van der Waals surface area contributed by atoms with Gasteiger partial charge in [-0.15, -0.1) is 0 Å². The molecule has 112 valence electrons. The smallest absolute Gasteiger partial charge is 0.343 e. The largest absolute Gasteiger partial charge is 0.462 e. The number of rotatable bonds is 6. The quantitative estimate of drug-likeness (QED) is 0.820. The number of aryl methyl sites for hydroxylation is 1. The summed E-state index contributed by atoms with van der Waals surface area (Å²) in [5.74, 6) is 0.137. The highest BCUT2D eigenvalue weighted by Crippen LogP contribution is 2.25. The maximum Gasteiger partial charge on any atom is 0.343 e. The number of hydrogen-bond acceptors (Lipinski definition) is 6. The van der Waals surface area contributed by atoms with E-state index in [1.54, 1.807) is 24.0 Å². The van der Waals surface area contributed by atoms with Gasteiger partial charge in [0.1, 0.15) is 5.56 Å². The van der Waals surface area contributed by atoms with Crippen LogP contribution in [0.5, 0.6) is 11.6 Å². The molecule has 0 bridgehead atoms. The lowest BCUT2D eigenvalue weighted by atomic mass is 10.2. The van der Waals surface area contributed by atoms with Crippen molar-refractivity contribution in [3.63, 3.8) is 0 Å². The van der Waals surface area contributed by atoms with Gasteiger partial charge < -0.3 is 15.2 Å². The zero-order chi connectivity index (χ0) is 15.2. The summed E-state index contributed by atoms with van der Waals surface area (Å²) in [6.45, 7) is 4.85. The summed E-state index contributed by atoms with van der Waals surface area (Å²) in [6.07, 6.45) is 5.71. The minimum absolute atomic E-state index is 0.152. The topological polar surface area (TPSA) is 92.3 Å². The molecule has 2 rings (SSSR count). The zero-order valence-corrected chi connectivity index (χ0v) is 12.1. The number of carbonyl (C=O) groups is 1. The second-order valence-electron chi connectivity index (χ2n) is 4.38. The number of anilines is 1. The molecule has 0 aromatic carbocycles. The van der Waals surface area contributed by atoms with E-state index in [0.29, 0.717) is 11.4 Å². The molecule has 0 aliphatic carbocycles. The van der Waals surface area contributed by atoms with Gasteiger partial charge in [-0.3, -0.25) is 4.68 Å². The summed E-state index contributed by atoms with van der Waals surface area (Å²) in [7, 11) is 0. The molecule has 2 heterocycles. The van der Waals surface area contributed by atoms with Crippen molar-refractivity contribution in [3.8, 4) is 11.6 Å². The maximum atomic E-state index is 11.9. The third-order valence-corrected chi connectivity index (χ3v) is 2.64. The number of pyridine rings is 1. The van der Waals surface area contributed by atoms with Crippen LogP contribution in [-0.2, 0) is 11.3 Å². The molecular formula is C14H18N4O3. The Kier molecular flexibility index (Phi) is 4.76. The van der Waals surface area contributed by atoms with E-state index in [1.165, 1.54) is 12.3 Å². The molecule has 0 amide bonds. The molecule has 7 nitrogen and oxygen atoms in total. The van der Waals surface area contributed by atoms with E-state index < -0.39 is 5.97 Å². The Hall–Kier alpha value is -2.57. The van der Waals surface area contributed by atoms with Gasteiger partial charge in [0.2, 0.25) is 5.88 Å². The van der Waals surface area contributed by atoms with E-state index >= 15 is 0 Å². The van der Waals surface area contributed by atoms with Crippen molar-refractivity contribution >= 4 is 11.7 Å². The Labute approximate surface area is 122 Å². The predicted octanol–water partition coefficient (Wildman–Crippen LogP) is 2.24. The van der Waals surface area contributed by atoms with Crippen LogP contribution in [0.25, 0.3) is 0 Å². The summed E-state index contributed by atoms with van der Waals surface area (Å²) in [5, 5.41) is 4.15. The Morgan fingerprint density at radius 2 is 2.19 bits per heavy atom. The second-order valence-corrected chi connectivity index (χ2v) is 4.38. The fraction of sp³-hybridized carbons (Fsp3) is 0.357. The van der Waals surface area contributed by atoms with Gasteiger partial charge in [-0.05, 0) is 19.4 Å². The first-order chi connectivity index (χ1) is 10.1. The number of ether oxygens (including phenoxy) is 2. The van der Waals surface area contributed by atoms with Gasteiger partial charge in [-0.1, -0.05) is 6.92 Å². The van der Waals surface area contributed by atoms with Gasteiger partial charge in [-0.2, -0.15) is 5.10 Å². The fourth-order valence-corrected chi connectivity index (χ4v) is 1.77. The number of nitrogens with zero attached hydrogens (tertiary/aromatic N) is 3. The third kappa shape index (κ3) is 3.71. The number of nitrogen functional groups attached to an aromatic ring is 1. The van der Waals surface area contributed by atoms with Gasteiger partial charge in [0.25, 0.3) is 0 Å². The number of nitrogens with two attached hydrogens (primary N) is 1. The number of aromatic nitrogens is 3. The summed E-state index contributed by atoms with van der Waals surface area (Å²) >= 11 is 0. The first-order valence-electron chi connectivity index (χ1n) is 6.77. The number of hydrogen-bond donors (Lipinski definition) is 1. The van der Waals surface area contributed by atoms with Crippen molar-refractivity contribution < 1.29 is 14.3 Å². The fourth-order valence-electron chi connectivity index (χ4n) is 1.77. The lowest BCUT2D eigenvalue weighted by Gasteiger charge is -2.08. The molecule has 2 N–H and O–H groups in total. The van der Waals surface area contributed by atoms with Crippen molar-refractivity contribution in [2.24, 2.45) is 0 Å². The Morgan fingerprint density at radius 3 is 2.90 bits per heavy atom. The molecule has 0 saturated carbocycles. The standard InChI is InChI=1S/C14H18N4O3/c1-3-5-18-9-11(8-17-18)21-13-12(14(19)20-4-2)6-10(15)7-16-13/h6-9H,3-5,15H2,1-2H3. The van der Waals surface area contributed by atoms with Crippen LogP contribution in [-0.4, -0.2) is 27.3 Å². The number of carbonyl (C=O) groups excluding carboxylic acids is 1. The lowest BCUT2D eigenvalue weighted by molar-refractivity contribution is 0.0523. The second kappa shape index (κ2) is 6.74. The third-order valence-electron chi connectivity index (χ3n) is 2.64. The molecule has 2 aromatic rings. The van der Waals surface area contributed by atoms with Gasteiger partial charge in [0.05, 0.1) is 30.9 Å². The highest BCUT2D eigenvalue weighted by Gasteiger charge is 2.17. The van der Waals surface area contributed by atoms with E-state index in [2.05, 4.69) is 17.0 Å². The molecule has 0 spiro atoms. The van der Waals surface area contributed by atoms with Crippen LogP contribution in [0.3, 0.4) is 0 Å². The number of esters is 1. The van der Waals surface area contributed by atoms with Crippen LogP contribution in [0.2, 0.25) is 0 Å². The van der Waals surface area contributed by atoms with Crippen LogP contribution in [0.1, 0.15) is 30.6 Å². The molecule has 0 aliphatic heterocycles. The van der Waals surface area contributed by atoms with Gasteiger partial charge in [0, 0.05) is 6.54 Å². The molecule has 0 unspecified atom stereocenters. The van der Waals surface area contributed by atoms with Crippen LogP contribution < -0.4 is 10.5 Å². The highest BCUT2D eigenvalue weighted by molar-refractivity contribution is 5.92. The van der Waals surface area contributed by atoms with Crippen LogP contribution in [0.15, 0.2) is 24.7 Å². The zero-order valence-electron chi connectivity index (χ0n) is 12.1. The van der Waals surface area contributed by atoms with Crippen molar-refractivity contribution in [1.82, 2.24) is 14.8 Å². The van der Waals surface area contributed by atoms with Gasteiger partial charge >= 0.3 is 5.97 Å². The average Bonchev–Trinajstić information content (AvgIpc) is 2.89.